The molecule has 1 heterocycles. The molecule has 28 heavy (non-hydrogen) atoms. The Morgan fingerprint density at radius 1 is 1.14 bits per heavy atom. The van der Waals surface area contributed by atoms with E-state index >= 15 is 0 Å². The molecule has 1 aromatic carbocycles. The van der Waals surface area contributed by atoms with Gasteiger partial charge in [0.1, 0.15) is 0 Å². The number of methoxy groups -OCH3 is 2. The average molecular weight is 391 g/mol. The van der Waals surface area contributed by atoms with Crippen LogP contribution in [0.15, 0.2) is 23.2 Å². The quantitative estimate of drug-likeness (QED) is 0.550. The van der Waals surface area contributed by atoms with Gasteiger partial charge in [-0.1, -0.05) is 19.3 Å². The van der Waals surface area contributed by atoms with Crippen molar-refractivity contribution in [3.05, 3.63) is 18.2 Å². The first-order valence-electron chi connectivity index (χ1n) is 10.2. The molecule has 2 aliphatic rings. The van der Waals surface area contributed by atoms with Gasteiger partial charge in [0.25, 0.3) is 0 Å². The first-order chi connectivity index (χ1) is 13.6. The molecule has 156 valence electrons. The monoisotopic (exact) mass is 390 g/mol. The number of nitrogens with zero attached hydrogens (tertiary/aromatic N) is 2. The molecule has 7 heteroatoms. The fourth-order valence-corrected chi connectivity index (χ4v) is 4.26. The molecule has 1 saturated carbocycles. The summed E-state index contributed by atoms with van der Waals surface area (Å²) in [6, 6.07) is 5.63. The summed E-state index contributed by atoms with van der Waals surface area (Å²) in [7, 11) is 3.25. The first kappa shape index (κ1) is 20.7. The number of rotatable bonds is 7. The Labute approximate surface area is 168 Å². The van der Waals surface area contributed by atoms with Crippen molar-refractivity contribution in [1.29, 1.82) is 0 Å². The topological polar surface area (TPSA) is 81.3 Å². The summed E-state index contributed by atoms with van der Waals surface area (Å²) in [4.78, 5) is 7.26. The maximum absolute atomic E-state index is 6.21. The van der Waals surface area contributed by atoms with Crippen LogP contribution >= 0.6 is 0 Å². The van der Waals surface area contributed by atoms with Gasteiger partial charge in [0, 0.05) is 43.3 Å². The molecule has 0 spiro atoms. The van der Waals surface area contributed by atoms with E-state index in [1.165, 1.54) is 32.1 Å². The lowest BCUT2D eigenvalue weighted by atomic mass is 9.73. The van der Waals surface area contributed by atoms with E-state index in [0.29, 0.717) is 17.5 Å². The summed E-state index contributed by atoms with van der Waals surface area (Å²) in [6.07, 6.45) is 6.33. The maximum Gasteiger partial charge on any atom is 0.193 e. The van der Waals surface area contributed by atoms with Crippen LogP contribution in [0.25, 0.3) is 0 Å². The van der Waals surface area contributed by atoms with Crippen molar-refractivity contribution in [3.8, 4) is 11.5 Å². The molecule has 0 radical (unpaired) electrons. The third kappa shape index (κ3) is 5.52. The Balaban J connectivity index is 1.64. The molecule has 2 fully saturated rings. The number of hydrogen-bond acceptors (Lipinski definition) is 5. The van der Waals surface area contributed by atoms with E-state index in [1.54, 1.807) is 14.2 Å². The number of anilines is 1. The minimum atomic E-state index is 0.222. The smallest absolute Gasteiger partial charge is 0.193 e. The second kappa shape index (κ2) is 9.98. The van der Waals surface area contributed by atoms with Gasteiger partial charge in [0.05, 0.1) is 27.4 Å². The number of guanidine groups is 1. The third-order valence-corrected chi connectivity index (χ3v) is 5.82. The van der Waals surface area contributed by atoms with E-state index in [4.69, 9.17) is 24.9 Å². The highest BCUT2D eigenvalue weighted by Crippen LogP contribution is 2.37. The lowest BCUT2D eigenvalue weighted by Gasteiger charge is -2.41. The Kier molecular flexibility index (Phi) is 7.39. The van der Waals surface area contributed by atoms with Crippen LogP contribution in [0.2, 0.25) is 0 Å². The van der Waals surface area contributed by atoms with Crippen molar-refractivity contribution in [2.24, 2.45) is 16.1 Å². The van der Waals surface area contributed by atoms with E-state index in [2.05, 4.69) is 10.2 Å². The van der Waals surface area contributed by atoms with Gasteiger partial charge in [-0.25, -0.2) is 0 Å². The van der Waals surface area contributed by atoms with E-state index in [0.717, 1.165) is 45.1 Å². The molecule has 1 aromatic rings. The van der Waals surface area contributed by atoms with Crippen LogP contribution in [0.1, 0.15) is 32.1 Å². The second-order valence-corrected chi connectivity index (χ2v) is 7.85. The molecule has 0 unspecified atom stereocenters. The van der Waals surface area contributed by atoms with E-state index in [1.807, 2.05) is 18.2 Å². The fourth-order valence-electron chi connectivity index (χ4n) is 4.26. The SMILES string of the molecule is COc1ccc(NC(N)=NCC2(CN3CCOCC3)CCCCC2)cc1OC. The first-order valence-corrected chi connectivity index (χ1v) is 10.2. The van der Waals surface area contributed by atoms with Crippen LogP contribution in [0.4, 0.5) is 5.69 Å². The number of ether oxygens (including phenoxy) is 3. The minimum absolute atomic E-state index is 0.222. The van der Waals surface area contributed by atoms with Crippen molar-refractivity contribution in [3.63, 3.8) is 0 Å². The van der Waals surface area contributed by atoms with Crippen molar-refractivity contribution in [2.75, 3.05) is 58.9 Å². The van der Waals surface area contributed by atoms with E-state index in [9.17, 15) is 0 Å². The van der Waals surface area contributed by atoms with Gasteiger partial charge in [-0.15, -0.1) is 0 Å². The highest BCUT2D eigenvalue weighted by Gasteiger charge is 2.34. The lowest BCUT2D eigenvalue weighted by Crippen LogP contribution is -2.46. The summed E-state index contributed by atoms with van der Waals surface area (Å²) in [5.41, 5.74) is 7.27. The third-order valence-electron chi connectivity index (χ3n) is 5.82. The van der Waals surface area contributed by atoms with Gasteiger partial charge in [-0.2, -0.15) is 0 Å². The van der Waals surface area contributed by atoms with Gasteiger partial charge in [0.15, 0.2) is 17.5 Å². The molecule has 1 aliphatic carbocycles. The van der Waals surface area contributed by atoms with Gasteiger partial charge in [-0.3, -0.25) is 9.89 Å². The van der Waals surface area contributed by atoms with Gasteiger partial charge < -0.3 is 25.3 Å². The second-order valence-electron chi connectivity index (χ2n) is 7.85. The fraction of sp³-hybridized carbons (Fsp3) is 0.667. The van der Waals surface area contributed by atoms with Crippen LogP contribution < -0.4 is 20.5 Å². The van der Waals surface area contributed by atoms with Gasteiger partial charge >= 0.3 is 0 Å². The molecule has 0 amide bonds. The summed E-state index contributed by atoms with van der Waals surface area (Å²) in [5, 5.41) is 3.19. The molecule has 1 saturated heterocycles. The number of nitrogens with one attached hydrogen (secondary N) is 1. The zero-order valence-corrected chi connectivity index (χ0v) is 17.2. The number of morpholine rings is 1. The van der Waals surface area contributed by atoms with Crippen LogP contribution in [0.5, 0.6) is 11.5 Å². The van der Waals surface area contributed by atoms with Crippen LogP contribution in [-0.4, -0.2) is 64.5 Å². The zero-order valence-electron chi connectivity index (χ0n) is 17.2. The largest absolute Gasteiger partial charge is 0.493 e. The predicted octanol–water partition coefficient (Wildman–Crippen LogP) is 2.71. The molecule has 0 aromatic heterocycles. The van der Waals surface area contributed by atoms with Crippen molar-refractivity contribution in [1.82, 2.24) is 4.90 Å². The Morgan fingerprint density at radius 3 is 2.54 bits per heavy atom. The number of aliphatic imine (C=N–C) groups is 1. The van der Waals surface area contributed by atoms with Crippen LogP contribution in [0.3, 0.4) is 0 Å². The molecule has 0 bridgehead atoms. The number of benzene rings is 1. The highest BCUT2D eigenvalue weighted by atomic mass is 16.5. The molecule has 0 atom stereocenters. The lowest BCUT2D eigenvalue weighted by molar-refractivity contribution is 0.00940. The zero-order chi connectivity index (χ0) is 19.8. The average Bonchev–Trinajstić information content (AvgIpc) is 2.73. The normalized spacial score (nSPS) is 20.6. The molecule has 7 nitrogen and oxygen atoms in total. The summed E-state index contributed by atoms with van der Waals surface area (Å²) < 4.78 is 16.1. The minimum Gasteiger partial charge on any atom is -0.493 e. The standard InChI is InChI=1S/C21H34N4O3/c1-26-18-7-6-17(14-19(18)27-2)24-20(22)23-15-21(8-4-3-5-9-21)16-25-10-12-28-13-11-25/h6-7,14H,3-5,8-13,15-16H2,1-2H3,(H3,22,23,24). The Morgan fingerprint density at radius 2 is 1.86 bits per heavy atom. The summed E-state index contributed by atoms with van der Waals surface area (Å²) in [6.45, 7) is 5.56. The van der Waals surface area contributed by atoms with Gasteiger partial charge in [0.2, 0.25) is 0 Å². The highest BCUT2D eigenvalue weighted by molar-refractivity contribution is 5.92. The Bertz CT molecular complexity index is 653. The van der Waals surface area contributed by atoms with Crippen molar-refractivity contribution >= 4 is 11.6 Å². The number of nitrogens with two attached hydrogens (primary N) is 1. The Hall–Kier alpha value is -1.99. The van der Waals surface area contributed by atoms with Gasteiger partial charge in [-0.05, 0) is 25.0 Å². The van der Waals surface area contributed by atoms with E-state index < -0.39 is 0 Å². The van der Waals surface area contributed by atoms with Crippen molar-refractivity contribution in [2.45, 2.75) is 32.1 Å². The predicted molar refractivity (Wildman–Crippen MR) is 112 cm³/mol. The summed E-state index contributed by atoms with van der Waals surface area (Å²) in [5.74, 6) is 1.80. The van der Waals surface area contributed by atoms with E-state index in [-0.39, 0.29) is 5.41 Å². The molecule has 3 N–H and O–H groups in total. The van der Waals surface area contributed by atoms with Crippen molar-refractivity contribution < 1.29 is 14.2 Å². The summed E-state index contributed by atoms with van der Waals surface area (Å²) >= 11 is 0. The molecular formula is C21H34N4O3. The van der Waals surface area contributed by atoms with Crippen LogP contribution in [-0.2, 0) is 4.74 Å². The molecular weight excluding hydrogens is 356 g/mol. The van der Waals surface area contributed by atoms with Crippen LogP contribution in [0, 0.1) is 5.41 Å². The number of hydrogen-bond donors (Lipinski definition) is 2. The molecule has 1 aliphatic heterocycles. The molecule has 3 rings (SSSR count). The maximum atomic E-state index is 6.21.